The van der Waals surface area contributed by atoms with Gasteiger partial charge in [0.05, 0.1) is 12.0 Å². The molecule has 0 spiro atoms. The van der Waals surface area contributed by atoms with Gasteiger partial charge in [0, 0.05) is 25.2 Å². The molecule has 0 aromatic heterocycles. The number of anilines is 1. The Balaban J connectivity index is 1.69. The number of hydrogen-bond donors (Lipinski definition) is 1. The van der Waals surface area contributed by atoms with Crippen LogP contribution in [0.5, 0.6) is 5.75 Å². The van der Waals surface area contributed by atoms with Gasteiger partial charge < -0.3 is 10.1 Å². The maximum atomic E-state index is 12.8. The van der Waals surface area contributed by atoms with E-state index in [9.17, 15) is 13.2 Å². The second-order valence-corrected chi connectivity index (χ2v) is 9.12. The molecule has 2 aromatic carbocycles. The highest BCUT2D eigenvalue weighted by Crippen LogP contribution is 2.27. The molecule has 0 atom stereocenters. The molecule has 1 amide bonds. The van der Waals surface area contributed by atoms with Crippen molar-refractivity contribution in [1.29, 1.82) is 0 Å². The second kappa shape index (κ2) is 9.41. The highest BCUT2D eigenvalue weighted by Gasteiger charge is 2.27. The molecule has 0 aliphatic carbocycles. The number of methoxy groups -OCH3 is 1. The van der Waals surface area contributed by atoms with Crippen LogP contribution in [0.4, 0.5) is 5.69 Å². The Bertz CT molecular complexity index is 949. The summed E-state index contributed by atoms with van der Waals surface area (Å²) in [6, 6.07) is 12.6. The molecule has 1 aliphatic rings. The fourth-order valence-electron chi connectivity index (χ4n) is 3.48. The highest BCUT2D eigenvalue weighted by atomic mass is 32.2. The lowest BCUT2D eigenvalue weighted by Gasteiger charge is -2.17. The summed E-state index contributed by atoms with van der Waals surface area (Å²) in [5.41, 5.74) is 2.68. The standard InChI is InChI=1S/C22H28N2O4S/c1-3-17-6-9-19(10-7-17)23-22(25)13-8-18-16-20(11-12-21(18)28-2)29(26,27)24-14-4-5-15-24/h6-7,9-12,16H,3-5,8,13-15H2,1-2H3,(H,23,25). The lowest BCUT2D eigenvalue weighted by molar-refractivity contribution is -0.116. The third-order valence-electron chi connectivity index (χ3n) is 5.22. The quantitative estimate of drug-likeness (QED) is 0.713. The number of sulfonamides is 1. The predicted octanol–water partition coefficient (Wildman–Crippen LogP) is 3.61. The van der Waals surface area contributed by atoms with Gasteiger partial charge in [0.1, 0.15) is 5.75 Å². The largest absolute Gasteiger partial charge is 0.496 e. The molecule has 6 nitrogen and oxygen atoms in total. The minimum absolute atomic E-state index is 0.121. The lowest BCUT2D eigenvalue weighted by Crippen LogP contribution is -2.28. The van der Waals surface area contributed by atoms with Crippen molar-refractivity contribution in [3.05, 3.63) is 53.6 Å². The van der Waals surface area contributed by atoms with Crippen LogP contribution < -0.4 is 10.1 Å². The van der Waals surface area contributed by atoms with Gasteiger partial charge in [-0.3, -0.25) is 4.79 Å². The molecular formula is C22H28N2O4S. The molecule has 156 valence electrons. The fraction of sp³-hybridized carbons (Fsp3) is 0.409. The summed E-state index contributed by atoms with van der Waals surface area (Å²) in [6.07, 6.45) is 3.36. The van der Waals surface area contributed by atoms with Gasteiger partial charge in [0.2, 0.25) is 15.9 Å². The average Bonchev–Trinajstić information content (AvgIpc) is 3.28. The lowest BCUT2D eigenvalue weighted by atomic mass is 10.1. The van der Waals surface area contributed by atoms with E-state index in [0.717, 1.165) is 24.9 Å². The van der Waals surface area contributed by atoms with E-state index in [2.05, 4.69) is 12.2 Å². The van der Waals surface area contributed by atoms with E-state index in [-0.39, 0.29) is 17.2 Å². The van der Waals surface area contributed by atoms with Gasteiger partial charge in [-0.2, -0.15) is 4.31 Å². The molecule has 1 saturated heterocycles. The molecule has 0 saturated carbocycles. The van der Waals surface area contributed by atoms with Gasteiger partial charge in [0.25, 0.3) is 0 Å². The van der Waals surface area contributed by atoms with Crippen LogP contribution in [0, 0.1) is 0 Å². The van der Waals surface area contributed by atoms with Gasteiger partial charge >= 0.3 is 0 Å². The van der Waals surface area contributed by atoms with Gasteiger partial charge in [-0.1, -0.05) is 19.1 Å². The van der Waals surface area contributed by atoms with Crippen molar-refractivity contribution >= 4 is 21.6 Å². The summed E-state index contributed by atoms with van der Waals surface area (Å²) in [4.78, 5) is 12.6. The molecule has 1 heterocycles. The van der Waals surface area contributed by atoms with Crippen LogP contribution >= 0.6 is 0 Å². The molecule has 7 heteroatoms. The zero-order valence-corrected chi connectivity index (χ0v) is 17.8. The Morgan fingerprint density at radius 3 is 2.41 bits per heavy atom. The predicted molar refractivity (Wildman–Crippen MR) is 114 cm³/mol. The summed E-state index contributed by atoms with van der Waals surface area (Å²) in [7, 11) is -1.96. The van der Waals surface area contributed by atoms with Crippen molar-refractivity contribution in [2.45, 2.75) is 43.9 Å². The van der Waals surface area contributed by atoms with E-state index in [0.29, 0.717) is 30.8 Å². The number of rotatable bonds is 8. The fourth-order valence-corrected chi connectivity index (χ4v) is 5.05. The van der Waals surface area contributed by atoms with E-state index in [1.165, 1.54) is 9.87 Å². The zero-order valence-electron chi connectivity index (χ0n) is 17.0. The van der Waals surface area contributed by atoms with Crippen molar-refractivity contribution < 1.29 is 17.9 Å². The number of ether oxygens (including phenoxy) is 1. The van der Waals surface area contributed by atoms with E-state index in [1.807, 2.05) is 24.3 Å². The third kappa shape index (κ3) is 5.16. The number of carbonyl (C=O) groups excluding carboxylic acids is 1. The van der Waals surface area contributed by atoms with Crippen molar-refractivity contribution in [1.82, 2.24) is 4.31 Å². The number of aryl methyl sites for hydroxylation is 2. The van der Waals surface area contributed by atoms with Crippen LogP contribution in [0.15, 0.2) is 47.4 Å². The normalized spacial score (nSPS) is 14.7. The zero-order chi connectivity index (χ0) is 20.9. The van der Waals surface area contributed by atoms with Crippen molar-refractivity contribution in [3.63, 3.8) is 0 Å². The minimum Gasteiger partial charge on any atom is -0.496 e. The van der Waals surface area contributed by atoms with Gasteiger partial charge in [-0.25, -0.2) is 8.42 Å². The molecular weight excluding hydrogens is 388 g/mol. The number of benzene rings is 2. The van der Waals surface area contributed by atoms with E-state index in [1.54, 1.807) is 25.3 Å². The van der Waals surface area contributed by atoms with Crippen LogP contribution in [-0.4, -0.2) is 38.8 Å². The van der Waals surface area contributed by atoms with Crippen LogP contribution in [0.3, 0.4) is 0 Å². The maximum absolute atomic E-state index is 12.8. The smallest absolute Gasteiger partial charge is 0.243 e. The molecule has 1 fully saturated rings. The Labute approximate surface area is 172 Å². The minimum atomic E-state index is -3.50. The molecule has 3 rings (SSSR count). The van der Waals surface area contributed by atoms with Gasteiger partial charge in [0.15, 0.2) is 0 Å². The first-order chi connectivity index (χ1) is 13.9. The number of nitrogens with one attached hydrogen (secondary N) is 1. The first-order valence-corrected chi connectivity index (χ1v) is 11.4. The highest BCUT2D eigenvalue weighted by molar-refractivity contribution is 7.89. The number of carbonyl (C=O) groups is 1. The topological polar surface area (TPSA) is 75.7 Å². The Morgan fingerprint density at radius 2 is 1.79 bits per heavy atom. The Kier molecular flexibility index (Phi) is 6.92. The molecule has 0 radical (unpaired) electrons. The first-order valence-electron chi connectivity index (χ1n) is 10.00. The Hall–Kier alpha value is -2.38. The van der Waals surface area contributed by atoms with E-state index >= 15 is 0 Å². The summed E-state index contributed by atoms with van der Waals surface area (Å²) < 4.78 is 32.5. The van der Waals surface area contributed by atoms with Crippen LogP contribution in [0.1, 0.15) is 37.3 Å². The van der Waals surface area contributed by atoms with Crippen LogP contribution in [-0.2, 0) is 27.7 Å². The molecule has 1 aliphatic heterocycles. The maximum Gasteiger partial charge on any atom is 0.243 e. The number of hydrogen-bond acceptors (Lipinski definition) is 4. The molecule has 0 bridgehead atoms. The molecule has 0 unspecified atom stereocenters. The van der Waals surface area contributed by atoms with Crippen LogP contribution in [0.2, 0.25) is 0 Å². The first kappa shape index (κ1) is 21.3. The molecule has 29 heavy (non-hydrogen) atoms. The SMILES string of the molecule is CCc1ccc(NC(=O)CCc2cc(S(=O)(=O)N3CCCC3)ccc2OC)cc1. The summed E-state index contributed by atoms with van der Waals surface area (Å²) in [5, 5.41) is 2.88. The van der Waals surface area contributed by atoms with Gasteiger partial charge in [-0.05, 0) is 67.1 Å². The van der Waals surface area contributed by atoms with Crippen molar-refractivity contribution in [2.24, 2.45) is 0 Å². The molecule has 2 aromatic rings. The number of amides is 1. The Morgan fingerprint density at radius 1 is 1.10 bits per heavy atom. The van der Waals surface area contributed by atoms with E-state index in [4.69, 9.17) is 4.74 Å². The third-order valence-corrected chi connectivity index (χ3v) is 7.12. The number of nitrogens with zero attached hydrogens (tertiary/aromatic N) is 1. The van der Waals surface area contributed by atoms with Crippen molar-refractivity contribution in [3.8, 4) is 5.75 Å². The van der Waals surface area contributed by atoms with Gasteiger partial charge in [-0.15, -0.1) is 0 Å². The summed E-state index contributed by atoms with van der Waals surface area (Å²) >= 11 is 0. The summed E-state index contributed by atoms with van der Waals surface area (Å²) in [6.45, 7) is 3.20. The average molecular weight is 417 g/mol. The van der Waals surface area contributed by atoms with Crippen molar-refractivity contribution in [2.75, 3.05) is 25.5 Å². The monoisotopic (exact) mass is 416 g/mol. The van der Waals surface area contributed by atoms with Crippen LogP contribution in [0.25, 0.3) is 0 Å². The second-order valence-electron chi connectivity index (χ2n) is 7.18. The molecule has 1 N–H and O–H groups in total. The summed E-state index contributed by atoms with van der Waals surface area (Å²) in [5.74, 6) is 0.467. The van der Waals surface area contributed by atoms with E-state index < -0.39 is 10.0 Å².